The van der Waals surface area contributed by atoms with E-state index < -0.39 is 6.29 Å². The van der Waals surface area contributed by atoms with E-state index >= 15 is 0 Å². The van der Waals surface area contributed by atoms with Crippen molar-refractivity contribution < 1.29 is 9.84 Å². The molecule has 1 saturated carbocycles. The standard InChI is InChI=1S/C35H37NO2/c1-4-34(37)38-33-22-14-29(15-23-33)35(24-6-5-7-25-35)28-12-20-32(21-13-28)36(30-16-8-26(2)9-17-30)31-18-10-27(3)11-19-31/h4,8-23,34,37H,1,5-7,24-25H2,2-3H3/t34-/m0/s1. The largest absolute Gasteiger partial charge is 0.461 e. The molecule has 0 bridgehead atoms. The molecule has 1 fully saturated rings. The van der Waals surface area contributed by atoms with Gasteiger partial charge in [-0.25, -0.2) is 0 Å². The van der Waals surface area contributed by atoms with Crippen LogP contribution in [-0.2, 0) is 5.41 Å². The van der Waals surface area contributed by atoms with Crippen molar-refractivity contribution in [3.05, 3.63) is 132 Å². The number of benzene rings is 4. The summed E-state index contributed by atoms with van der Waals surface area (Å²) < 4.78 is 5.52. The Morgan fingerprint density at radius 1 is 0.684 bits per heavy atom. The minimum atomic E-state index is -0.998. The number of nitrogens with zero attached hydrogens (tertiary/aromatic N) is 1. The molecule has 0 aromatic heterocycles. The first-order valence-corrected chi connectivity index (χ1v) is 13.6. The molecule has 0 amide bonds. The molecule has 3 heteroatoms. The number of hydrogen-bond donors (Lipinski definition) is 1. The van der Waals surface area contributed by atoms with E-state index in [1.165, 1.54) is 47.6 Å². The van der Waals surface area contributed by atoms with E-state index in [4.69, 9.17) is 4.74 Å². The summed E-state index contributed by atoms with van der Waals surface area (Å²) in [5.41, 5.74) is 8.59. The smallest absolute Gasteiger partial charge is 0.216 e. The molecule has 5 rings (SSSR count). The second-order valence-corrected chi connectivity index (χ2v) is 10.5. The second-order valence-electron chi connectivity index (χ2n) is 10.5. The summed E-state index contributed by atoms with van der Waals surface area (Å²) in [4.78, 5) is 2.33. The predicted octanol–water partition coefficient (Wildman–Crippen LogP) is 8.91. The third-order valence-electron chi connectivity index (χ3n) is 7.83. The van der Waals surface area contributed by atoms with Crippen LogP contribution in [0.2, 0.25) is 0 Å². The van der Waals surface area contributed by atoms with Crippen LogP contribution in [0.1, 0.15) is 54.4 Å². The average molecular weight is 504 g/mol. The van der Waals surface area contributed by atoms with E-state index in [9.17, 15) is 5.11 Å². The Morgan fingerprint density at radius 2 is 1.11 bits per heavy atom. The third kappa shape index (κ3) is 5.39. The minimum Gasteiger partial charge on any atom is -0.461 e. The maximum atomic E-state index is 9.78. The Morgan fingerprint density at radius 3 is 1.55 bits per heavy atom. The summed E-state index contributed by atoms with van der Waals surface area (Å²) in [6, 6.07) is 34.9. The van der Waals surface area contributed by atoms with E-state index in [1.807, 2.05) is 12.1 Å². The van der Waals surface area contributed by atoms with Crippen LogP contribution in [0.25, 0.3) is 0 Å². The first kappa shape index (κ1) is 25.8. The van der Waals surface area contributed by atoms with Crippen molar-refractivity contribution in [2.45, 2.75) is 57.7 Å². The molecule has 0 aliphatic heterocycles. The van der Waals surface area contributed by atoms with Gasteiger partial charge in [-0.1, -0.05) is 85.5 Å². The maximum absolute atomic E-state index is 9.78. The molecule has 194 valence electrons. The molecule has 0 unspecified atom stereocenters. The fraction of sp³-hybridized carbons (Fsp3) is 0.257. The summed E-state index contributed by atoms with van der Waals surface area (Å²) in [5, 5.41) is 9.78. The molecule has 4 aromatic rings. The summed E-state index contributed by atoms with van der Waals surface area (Å²) in [5.74, 6) is 0.647. The van der Waals surface area contributed by atoms with Gasteiger partial charge in [-0.05, 0) is 92.4 Å². The van der Waals surface area contributed by atoms with Crippen molar-refractivity contribution in [3.8, 4) is 5.75 Å². The summed E-state index contributed by atoms with van der Waals surface area (Å²) in [6.45, 7) is 7.83. The topological polar surface area (TPSA) is 32.7 Å². The average Bonchev–Trinajstić information content (AvgIpc) is 2.96. The van der Waals surface area contributed by atoms with Gasteiger partial charge in [-0.2, -0.15) is 0 Å². The highest BCUT2D eigenvalue weighted by Gasteiger charge is 2.35. The lowest BCUT2D eigenvalue weighted by molar-refractivity contribution is 0.0250. The molecule has 0 radical (unpaired) electrons. The zero-order chi connectivity index (χ0) is 26.5. The normalized spacial score (nSPS) is 15.4. The zero-order valence-corrected chi connectivity index (χ0v) is 22.4. The molecule has 0 heterocycles. The van der Waals surface area contributed by atoms with Gasteiger partial charge in [0.1, 0.15) is 5.75 Å². The lowest BCUT2D eigenvalue weighted by Crippen LogP contribution is -2.30. The monoisotopic (exact) mass is 503 g/mol. The van der Waals surface area contributed by atoms with Crippen LogP contribution in [0.4, 0.5) is 17.1 Å². The molecule has 0 saturated heterocycles. The summed E-state index contributed by atoms with van der Waals surface area (Å²) >= 11 is 0. The first-order chi connectivity index (χ1) is 18.5. The second kappa shape index (κ2) is 11.3. The van der Waals surface area contributed by atoms with Crippen molar-refractivity contribution in [1.29, 1.82) is 0 Å². The van der Waals surface area contributed by atoms with E-state index in [0.29, 0.717) is 5.75 Å². The van der Waals surface area contributed by atoms with Gasteiger partial charge in [0.2, 0.25) is 6.29 Å². The number of aliphatic hydroxyl groups is 1. The number of aryl methyl sites for hydroxylation is 2. The van der Waals surface area contributed by atoms with Crippen LogP contribution in [0.5, 0.6) is 5.75 Å². The highest BCUT2D eigenvalue weighted by Crippen LogP contribution is 2.46. The van der Waals surface area contributed by atoms with Gasteiger partial charge >= 0.3 is 0 Å². The van der Waals surface area contributed by atoms with Crippen LogP contribution >= 0.6 is 0 Å². The van der Waals surface area contributed by atoms with E-state index in [0.717, 1.165) is 29.9 Å². The third-order valence-corrected chi connectivity index (χ3v) is 7.83. The molecule has 1 atom stereocenters. The van der Waals surface area contributed by atoms with Crippen molar-refractivity contribution >= 4 is 17.1 Å². The van der Waals surface area contributed by atoms with E-state index in [-0.39, 0.29) is 5.41 Å². The molecule has 1 N–H and O–H groups in total. The lowest BCUT2D eigenvalue weighted by Gasteiger charge is -2.39. The number of ether oxygens (including phenoxy) is 1. The van der Waals surface area contributed by atoms with Gasteiger partial charge in [0.15, 0.2) is 0 Å². The molecular formula is C35H37NO2. The van der Waals surface area contributed by atoms with Gasteiger partial charge < -0.3 is 14.7 Å². The Kier molecular flexibility index (Phi) is 7.67. The van der Waals surface area contributed by atoms with Gasteiger partial charge in [-0.3, -0.25) is 0 Å². The first-order valence-electron chi connectivity index (χ1n) is 13.6. The van der Waals surface area contributed by atoms with E-state index in [1.54, 1.807) is 0 Å². The van der Waals surface area contributed by atoms with Gasteiger partial charge in [0, 0.05) is 22.5 Å². The maximum Gasteiger partial charge on any atom is 0.216 e. The fourth-order valence-corrected chi connectivity index (χ4v) is 5.70. The highest BCUT2D eigenvalue weighted by molar-refractivity contribution is 5.76. The SMILES string of the molecule is C=C[C@@H](O)Oc1ccc(C2(c3ccc(N(c4ccc(C)cc4)c4ccc(C)cc4)cc3)CCCCC2)cc1. The fourth-order valence-electron chi connectivity index (χ4n) is 5.70. The van der Waals surface area contributed by atoms with Crippen molar-refractivity contribution in [1.82, 2.24) is 0 Å². The minimum absolute atomic E-state index is 0.0229. The number of hydrogen-bond acceptors (Lipinski definition) is 3. The van der Waals surface area contributed by atoms with Crippen molar-refractivity contribution in [2.75, 3.05) is 4.90 Å². The number of aliphatic hydroxyl groups excluding tert-OH is 1. The van der Waals surface area contributed by atoms with Crippen molar-refractivity contribution in [2.24, 2.45) is 0 Å². The molecule has 0 spiro atoms. The van der Waals surface area contributed by atoms with E-state index in [2.05, 4.69) is 110 Å². The zero-order valence-electron chi connectivity index (χ0n) is 22.4. The Balaban J connectivity index is 1.51. The van der Waals surface area contributed by atoms with Crippen molar-refractivity contribution in [3.63, 3.8) is 0 Å². The molecule has 1 aliphatic rings. The van der Waals surface area contributed by atoms with Crippen LogP contribution in [0.3, 0.4) is 0 Å². The summed E-state index contributed by atoms with van der Waals surface area (Å²) in [6.07, 6.45) is 6.35. The Hall–Kier alpha value is -3.82. The lowest BCUT2D eigenvalue weighted by atomic mass is 9.65. The Bertz CT molecular complexity index is 1290. The van der Waals surface area contributed by atoms with Crippen LogP contribution < -0.4 is 9.64 Å². The molecule has 3 nitrogen and oxygen atoms in total. The molecule has 1 aliphatic carbocycles. The predicted molar refractivity (Wildman–Crippen MR) is 158 cm³/mol. The quantitative estimate of drug-likeness (QED) is 0.192. The highest BCUT2D eigenvalue weighted by atomic mass is 16.6. The number of anilines is 3. The number of rotatable bonds is 8. The molecular weight excluding hydrogens is 466 g/mol. The van der Waals surface area contributed by atoms with Gasteiger partial charge in [0.25, 0.3) is 0 Å². The molecule has 38 heavy (non-hydrogen) atoms. The summed E-state index contributed by atoms with van der Waals surface area (Å²) in [7, 11) is 0. The van der Waals surface area contributed by atoms with Crippen LogP contribution in [-0.4, -0.2) is 11.4 Å². The molecule has 4 aromatic carbocycles. The van der Waals surface area contributed by atoms with Gasteiger partial charge in [0.05, 0.1) is 0 Å². The van der Waals surface area contributed by atoms with Crippen LogP contribution in [0, 0.1) is 13.8 Å². The Labute approximate surface area is 227 Å². The van der Waals surface area contributed by atoms with Gasteiger partial charge in [-0.15, -0.1) is 0 Å². The van der Waals surface area contributed by atoms with Crippen LogP contribution in [0.15, 0.2) is 110 Å².